The molecular weight excluding hydrogens is 528 g/mol. The van der Waals surface area contributed by atoms with Crippen molar-refractivity contribution >= 4 is 20.2 Å². The molecule has 0 radical (unpaired) electrons. The van der Waals surface area contributed by atoms with Crippen molar-refractivity contribution in [3.05, 3.63) is 153 Å². The fourth-order valence-electron chi connectivity index (χ4n) is 4.51. The molecule has 4 rings (SSSR count). The van der Waals surface area contributed by atoms with Crippen LogP contribution in [0.1, 0.15) is 22.3 Å². The van der Waals surface area contributed by atoms with Crippen molar-refractivity contribution in [1.82, 2.24) is 0 Å². The third-order valence-corrected chi connectivity index (χ3v) is 8.31. The van der Waals surface area contributed by atoms with Gasteiger partial charge in [-0.25, -0.2) is 0 Å². The normalized spacial score (nSPS) is 13.6. The summed E-state index contributed by atoms with van der Waals surface area (Å²) in [6.45, 7) is 0. The van der Waals surface area contributed by atoms with E-state index in [0.717, 1.165) is 0 Å². The molecule has 0 bridgehead atoms. The van der Waals surface area contributed by atoms with E-state index in [-0.39, 0.29) is 22.3 Å². The maximum absolute atomic E-state index is 13.2. The van der Waals surface area contributed by atoms with Crippen molar-refractivity contribution in [1.29, 1.82) is 0 Å². The summed E-state index contributed by atoms with van der Waals surface area (Å²) in [6, 6.07) is 28.7. The van der Waals surface area contributed by atoms with Gasteiger partial charge in [0.25, 0.3) is 20.2 Å². The number of aliphatic hydroxyl groups is 2. The molecule has 196 valence electrons. The largest absolute Gasteiger partial charge is 0.375 e. The lowest BCUT2D eigenvalue weighted by atomic mass is 9.80. The third kappa shape index (κ3) is 4.93. The topological polar surface area (TPSA) is 149 Å². The maximum atomic E-state index is 13.2. The molecule has 0 amide bonds. The number of hydrogen-bond donors (Lipinski definition) is 4. The molecule has 0 aliphatic rings. The molecule has 0 aliphatic heterocycles. The fraction of sp³-hybridized carbons (Fsp3) is 0.0714. The van der Waals surface area contributed by atoms with Crippen molar-refractivity contribution in [2.24, 2.45) is 0 Å². The van der Waals surface area contributed by atoms with Gasteiger partial charge in [0.1, 0.15) is 9.81 Å². The highest BCUT2D eigenvalue weighted by Crippen LogP contribution is 2.48. The molecule has 38 heavy (non-hydrogen) atoms. The molecule has 0 aromatic heterocycles. The molecule has 0 saturated heterocycles. The quantitative estimate of drug-likeness (QED) is 0.241. The number of rotatable bonds is 8. The van der Waals surface area contributed by atoms with E-state index in [2.05, 4.69) is 0 Å². The summed E-state index contributed by atoms with van der Waals surface area (Å²) in [5, 5.41) is 24.5. The molecule has 0 unspecified atom stereocenters. The molecule has 4 aromatic rings. The Hall–Kier alpha value is -3.64. The SMILES string of the molecule is O=S(=O)(O)/C(=C(\C(O)(c1ccccc1)c1ccccc1)S(=O)(=O)O)C(O)(c1ccccc1)c1ccccc1. The second-order valence-electron chi connectivity index (χ2n) is 8.49. The van der Waals surface area contributed by atoms with Gasteiger partial charge in [0.05, 0.1) is 0 Å². The Morgan fingerprint density at radius 3 is 0.763 bits per heavy atom. The van der Waals surface area contributed by atoms with Crippen LogP contribution in [0.3, 0.4) is 0 Å². The Kier molecular flexibility index (Phi) is 7.39. The van der Waals surface area contributed by atoms with Gasteiger partial charge in [-0.1, -0.05) is 121 Å². The zero-order chi connectivity index (χ0) is 27.6. The average Bonchev–Trinajstić information content (AvgIpc) is 2.91. The van der Waals surface area contributed by atoms with E-state index in [4.69, 9.17) is 0 Å². The second-order valence-corrected chi connectivity index (χ2v) is 11.2. The van der Waals surface area contributed by atoms with Gasteiger partial charge in [0.2, 0.25) is 0 Å². The summed E-state index contributed by atoms with van der Waals surface area (Å²) in [5.41, 5.74) is -6.35. The first-order chi connectivity index (χ1) is 17.9. The van der Waals surface area contributed by atoms with Gasteiger partial charge < -0.3 is 10.2 Å². The molecule has 0 spiro atoms. The van der Waals surface area contributed by atoms with Crippen molar-refractivity contribution in [3.63, 3.8) is 0 Å². The first-order valence-corrected chi connectivity index (χ1v) is 14.2. The summed E-state index contributed by atoms with van der Waals surface area (Å²) in [7, 11) is -11.3. The highest BCUT2D eigenvalue weighted by molar-refractivity contribution is 7.93. The number of benzene rings is 4. The summed E-state index contributed by atoms with van der Waals surface area (Å²) >= 11 is 0. The van der Waals surface area contributed by atoms with Gasteiger partial charge in [-0.3, -0.25) is 9.11 Å². The fourth-order valence-corrected chi connectivity index (χ4v) is 7.13. The predicted octanol–water partition coefficient (Wildman–Crippen LogP) is 3.85. The molecule has 8 nitrogen and oxygen atoms in total. The number of hydrogen-bond acceptors (Lipinski definition) is 6. The Balaban J connectivity index is 2.32. The second kappa shape index (κ2) is 10.3. The Morgan fingerprint density at radius 2 is 0.605 bits per heavy atom. The first kappa shape index (κ1) is 27.4. The van der Waals surface area contributed by atoms with E-state index in [1.165, 1.54) is 97.1 Å². The smallest absolute Gasteiger partial charge is 0.295 e. The van der Waals surface area contributed by atoms with E-state index in [9.17, 15) is 36.2 Å². The van der Waals surface area contributed by atoms with E-state index in [1.54, 1.807) is 24.3 Å². The van der Waals surface area contributed by atoms with Gasteiger partial charge in [0, 0.05) is 0 Å². The molecule has 0 fully saturated rings. The zero-order valence-electron chi connectivity index (χ0n) is 19.8. The summed E-state index contributed by atoms with van der Waals surface area (Å²) in [4.78, 5) is -3.06. The minimum atomic E-state index is -5.67. The molecule has 0 saturated carbocycles. The molecule has 10 heteroatoms. The Morgan fingerprint density at radius 1 is 0.421 bits per heavy atom. The lowest BCUT2D eigenvalue weighted by Crippen LogP contribution is -2.42. The summed E-state index contributed by atoms with van der Waals surface area (Å²) in [5.74, 6) is 0. The van der Waals surface area contributed by atoms with Crippen LogP contribution < -0.4 is 0 Å². The standard InChI is InChI=1S/C28H24O8S2/c29-27(21-13-5-1-6-14-21,22-15-7-2-8-16-22)25(37(31,32)33)26(38(34,35)36)28(30,23-17-9-3-10-18-23)24-19-11-4-12-20-24/h1-20,29-30H,(H,31,32,33)(H,34,35,36)/b26-25+. The van der Waals surface area contributed by atoms with Crippen molar-refractivity contribution in [2.45, 2.75) is 11.2 Å². The van der Waals surface area contributed by atoms with Crippen LogP contribution in [0.5, 0.6) is 0 Å². The van der Waals surface area contributed by atoms with E-state index < -0.39 is 41.2 Å². The molecule has 0 aliphatic carbocycles. The van der Waals surface area contributed by atoms with Crippen LogP contribution in [0.25, 0.3) is 0 Å². The first-order valence-electron chi connectivity index (χ1n) is 11.3. The van der Waals surface area contributed by atoms with Crippen LogP contribution in [0.2, 0.25) is 0 Å². The average molecular weight is 553 g/mol. The van der Waals surface area contributed by atoms with Crippen LogP contribution in [0.4, 0.5) is 0 Å². The lowest BCUT2D eigenvalue weighted by molar-refractivity contribution is 0.106. The van der Waals surface area contributed by atoms with Crippen molar-refractivity contribution in [2.75, 3.05) is 0 Å². The van der Waals surface area contributed by atoms with Crippen LogP contribution in [-0.2, 0) is 31.4 Å². The summed E-state index contributed by atoms with van der Waals surface area (Å²) in [6.07, 6.45) is 0. The van der Waals surface area contributed by atoms with Crippen LogP contribution in [-0.4, -0.2) is 36.2 Å². The molecule has 4 N–H and O–H groups in total. The highest BCUT2D eigenvalue weighted by atomic mass is 32.2. The van der Waals surface area contributed by atoms with Gasteiger partial charge in [-0.15, -0.1) is 0 Å². The van der Waals surface area contributed by atoms with Crippen molar-refractivity contribution in [3.8, 4) is 0 Å². The minimum absolute atomic E-state index is 0.150. The zero-order valence-corrected chi connectivity index (χ0v) is 21.4. The maximum Gasteiger partial charge on any atom is 0.295 e. The van der Waals surface area contributed by atoms with Crippen LogP contribution >= 0.6 is 0 Å². The van der Waals surface area contributed by atoms with Gasteiger partial charge in [0.15, 0.2) is 11.2 Å². The van der Waals surface area contributed by atoms with Crippen molar-refractivity contribution < 1.29 is 36.2 Å². The minimum Gasteiger partial charge on any atom is -0.375 e. The molecular formula is C28H24O8S2. The monoisotopic (exact) mass is 552 g/mol. The van der Waals surface area contributed by atoms with Gasteiger partial charge in [-0.2, -0.15) is 16.8 Å². The molecule has 0 heterocycles. The van der Waals surface area contributed by atoms with Gasteiger partial charge in [-0.05, 0) is 22.3 Å². The lowest BCUT2D eigenvalue weighted by Gasteiger charge is -2.37. The van der Waals surface area contributed by atoms with Crippen LogP contribution in [0.15, 0.2) is 131 Å². The Bertz CT molecular complexity index is 1450. The predicted molar refractivity (Wildman–Crippen MR) is 142 cm³/mol. The van der Waals surface area contributed by atoms with E-state index in [0.29, 0.717) is 0 Å². The third-order valence-electron chi connectivity index (χ3n) is 6.15. The Labute approximate surface area is 220 Å². The van der Waals surface area contributed by atoms with Crippen LogP contribution in [0, 0.1) is 0 Å². The van der Waals surface area contributed by atoms with Gasteiger partial charge >= 0.3 is 0 Å². The molecule has 0 atom stereocenters. The highest BCUT2D eigenvalue weighted by Gasteiger charge is 2.54. The van der Waals surface area contributed by atoms with E-state index >= 15 is 0 Å². The summed E-state index contributed by atoms with van der Waals surface area (Å²) < 4.78 is 73.9. The van der Waals surface area contributed by atoms with E-state index in [1.807, 2.05) is 0 Å². The molecule has 4 aromatic carbocycles.